The van der Waals surface area contributed by atoms with Gasteiger partial charge in [0.05, 0.1) is 17.3 Å². The second-order valence-corrected chi connectivity index (χ2v) is 4.71. The Labute approximate surface area is 124 Å². The van der Waals surface area contributed by atoms with Crippen molar-refractivity contribution >= 4 is 11.6 Å². The van der Waals surface area contributed by atoms with Crippen molar-refractivity contribution in [1.82, 2.24) is 5.43 Å². The van der Waals surface area contributed by atoms with E-state index in [2.05, 4.69) is 5.43 Å². The number of anilines is 1. The maximum Gasteiger partial charge on any atom is 0.269 e. The molecule has 0 saturated carbocycles. The van der Waals surface area contributed by atoms with E-state index in [4.69, 9.17) is 5.26 Å². The molecule has 0 fully saturated rings. The van der Waals surface area contributed by atoms with E-state index in [1.807, 2.05) is 44.2 Å². The molecule has 1 N–H and O–H groups in total. The molecule has 0 spiro atoms. The fourth-order valence-electron chi connectivity index (χ4n) is 1.93. The van der Waals surface area contributed by atoms with Crippen molar-refractivity contribution in [2.45, 2.75) is 13.8 Å². The maximum absolute atomic E-state index is 12.2. The van der Waals surface area contributed by atoms with Crippen LogP contribution in [0.2, 0.25) is 0 Å². The van der Waals surface area contributed by atoms with E-state index >= 15 is 0 Å². The van der Waals surface area contributed by atoms with Crippen LogP contribution in [0.3, 0.4) is 0 Å². The Morgan fingerprint density at radius 1 is 1.14 bits per heavy atom. The van der Waals surface area contributed by atoms with E-state index in [-0.39, 0.29) is 5.91 Å². The van der Waals surface area contributed by atoms with Gasteiger partial charge in [0.15, 0.2) is 0 Å². The summed E-state index contributed by atoms with van der Waals surface area (Å²) in [7, 11) is 0. The quantitative estimate of drug-likeness (QED) is 0.875. The average Bonchev–Trinajstić information content (AvgIpc) is 2.53. The van der Waals surface area contributed by atoms with Crippen molar-refractivity contribution < 1.29 is 4.79 Å². The fourth-order valence-corrected chi connectivity index (χ4v) is 1.93. The molecule has 0 atom stereocenters. The first-order valence-electron chi connectivity index (χ1n) is 6.79. The zero-order valence-corrected chi connectivity index (χ0v) is 12.1. The minimum absolute atomic E-state index is 0.193. The molecule has 4 heteroatoms. The van der Waals surface area contributed by atoms with Crippen LogP contribution in [-0.4, -0.2) is 12.5 Å². The number of hydrazine groups is 1. The zero-order chi connectivity index (χ0) is 15.2. The predicted molar refractivity (Wildman–Crippen MR) is 82.8 cm³/mol. The maximum atomic E-state index is 12.2. The monoisotopic (exact) mass is 279 g/mol. The molecule has 0 saturated heterocycles. The Kier molecular flexibility index (Phi) is 4.57. The van der Waals surface area contributed by atoms with Gasteiger partial charge in [-0.25, -0.2) is 0 Å². The summed E-state index contributed by atoms with van der Waals surface area (Å²) >= 11 is 0. The topological polar surface area (TPSA) is 56.1 Å². The highest BCUT2D eigenvalue weighted by atomic mass is 16.2. The second-order valence-electron chi connectivity index (χ2n) is 4.71. The van der Waals surface area contributed by atoms with Gasteiger partial charge in [-0.1, -0.05) is 17.7 Å². The van der Waals surface area contributed by atoms with Crippen LogP contribution in [0, 0.1) is 18.3 Å². The van der Waals surface area contributed by atoms with Crippen molar-refractivity contribution in [3.05, 3.63) is 65.2 Å². The summed E-state index contributed by atoms with van der Waals surface area (Å²) in [6.45, 7) is 4.65. The molecule has 0 heterocycles. The van der Waals surface area contributed by atoms with Gasteiger partial charge in [0.1, 0.15) is 0 Å². The molecule has 2 rings (SSSR count). The third-order valence-electron chi connectivity index (χ3n) is 3.17. The van der Waals surface area contributed by atoms with Crippen molar-refractivity contribution in [2.75, 3.05) is 11.6 Å². The molecule has 1 amide bonds. The third kappa shape index (κ3) is 3.61. The Balaban J connectivity index is 2.12. The smallest absolute Gasteiger partial charge is 0.269 e. The second kappa shape index (κ2) is 6.58. The van der Waals surface area contributed by atoms with E-state index in [1.54, 1.807) is 29.3 Å². The van der Waals surface area contributed by atoms with Gasteiger partial charge in [-0.15, -0.1) is 0 Å². The van der Waals surface area contributed by atoms with Crippen molar-refractivity contribution in [1.29, 1.82) is 5.26 Å². The highest BCUT2D eigenvalue weighted by Gasteiger charge is 2.10. The van der Waals surface area contributed by atoms with E-state index in [9.17, 15) is 4.79 Å². The number of carbonyl (C=O) groups is 1. The molecule has 0 aliphatic heterocycles. The van der Waals surface area contributed by atoms with Gasteiger partial charge in [0.2, 0.25) is 0 Å². The lowest BCUT2D eigenvalue weighted by Crippen LogP contribution is -2.42. The van der Waals surface area contributed by atoms with Gasteiger partial charge < -0.3 is 0 Å². The van der Waals surface area contributed by atoms with Crippen LogP contribution >= 0.6 is 0 Å². The van der Waals surface area contributed by atoms with E-state index < -0.39 is 0 Å². The van der Waals surface area contributed by atoms with Crippen molar-refractivity contribution in [2.24, 2.45) is 0 Å². The molecule has 106 valence electrons. The van der Waals surface area contributed by atoms with E-state index in [0.717, 1.165) is 5.69 Å². The third-order valence-corrected chi connectivity index (χ3v) is 3.17. The molecular weight excluding hydrogens is 262 g/mol. The molecular formula is C17H17N3O. The lowest BCUT2D eigenvalue weighted by atomic mass is 10.1. The normalized spacial score (nSPS) is 9.76. The molecule has 2 aromatic carbocycles. The first-order chi connectivity index (χ1) is 10.1. The highest BCUT2D eigenvalue weighted by Crippen LogP contribution is 2.13. The van der Waals surface area contributed by atoms with Gasteiger partial charge in [-0.05, 0) is 50.2 Å². The van der Waals surface area contributed by atoms with Crippen LogP contribution in [0.4, 0.5) is 5.69 Å². The van der Waals surface area contributed by atoms with Crippen LogP contribution in [0.25, 0.3) is 0 Å². The average molecular weight is 279 g/mol. The Morgan fingerprint density at radius 2 is 1.76 bits per heavy atom. The van der Waals surface area contributed by atoms with Crippen LogP contribution in [0.15, 0.2) is 48.5 Å². The summed E-state index contributed by atoms with van der Waals surface area (Å²) in [6.07, 6.45) is 0. The van der Waals surface area contributed by atoms with E-state index in [1.165, 1.54) is 5.56 Å². The molecule has 0 aliphatic rings. The number of hydrogen-bond donors (Lipinski definition) is 1. The molecule has 21 heavy (non-hydrogen) atoms. The molecule has 0 radical (unpaired) electrons. The molecule has 0 aliphatic carbocycles. The molecule has 2 aromatic rings. The Morgan fingerprint density at radius 3 is 2.29 bits per heavy atom. The number of nitriles is 1. The van der Waals surface area contributed by atoms with E-state index in [0.29, 0.717) is 17.7 Å². The zero-order valence-electron chi connectivity index (χ0n) is 12.1. The van der Waals surface area contributed by atoms with Crippen LogP contribution in [0.1, 0.15) is 28.4 Å². The van der Waals surface area contributed by atoms with Crippen molar-refractivity contribution in [3.8, 4) is 6.07 Å². The predicted octanol–water partition coefficient (Wildman–Crippen LogP) is 3.04. The number of carbonyl (C=O) groups excluding carboxylic acids is 1. The number of hydrogen-bond acceptors (Lipinski definition) is 3. The number of rotatable bonds is 4. The lowest BCUT2D eigenvalue weighted by molar-refractivity contribution is 0.0949. The summed E-state index contributed by atoms with van der Waals surface area (Å²) in [4.78, 5) is 12.2. The first kappa shape index (κ1) is 14.6. The Hall–Kier alpha value is -2.80. The summed E-state index contributed by atoms with van der Waals surface area (Å²) in [6, 6.07) is 16.6. The standard InChI is InChI=1S/C17H17N3O/c1-3-20(16-10-4-13(2)5-11-16)19-17(21)15-8-6-14(12-18)7-9-15/h4-11H,3H2,1-2H3,(H,19,21). The minimum atomic E-state index is -0.193. The minimum Gasteiger partial charge on any atom is -0.286 e. The molecule has 0 bridgehead atoms. The Bertz CT molecular complexity index is 654. The molecule has 0 unspecified atom stereocenters. The number of benzene rings is 2. The first-order valence-corrected chi connectivity index (χ1v) is 6.79. The van der Waals surface area contributed by atoms with Gasteiger partial charge in [0.25, 0.3) is 5.91 Å². The summed E-state index contributed by atoms with van der Waals surface area (Å²) in [5, 5.41) is 10.6. The van der Waals surface area contributed by atoms with Gasteiger partial charge >= 0.3 is 0 Å². The van der Waals surface area contributed by atoms with Crippen LogP contribution < -0.4 is 10.4 Å². The van der Waals surface area contributed by atoms with Crippen molar-refractivity contribution in [3.63, 3.8) is 0 Å². The van der Waals surface area contributed by atoms with Gasteiger partial charge in [-0.2, -0.15) is 5.26 Å². The SMILES string of the molecule is CCN(NC(=O)c1ccc(C#N)cc1)c1ccc(C)cc1. The summed E-state index contributed by atoms with van der Waals surface area (Å²) in [5.41, 5.74) is 6.04. The molecule has 0 aromatic heterocycles. The number of amides is 1. The fraction of sp³-hybridized carbons (Fsp3) is 0.176. The lowest BCUT2D eigenvalue weighted by Gasteiger charge is -2.24. The largest absolute Gasteiger partial charge is 0.286 e. The van der Waals surface area contributed by atoms with Gasteiger partial charge in [-0.3, -0.25) is 15.2 Å². The number of aryl methyl sites for hydroxylation is 1. The summed E-state index contributed by atoms with van der Waals surface area (Å²) in [5.74, 6) is -0.193. The van der Waals surface area contributed by atoms with Crippen LogP contribution in [0.5, 0.6) is 0 Å². The molecule has 4 nitrogen and oxygen atoms in total. The summed E-state index contributed by atoms with van der Waals surface area (Å²) < 4.78 is 0. The number of nitrogens with zero attached hydrogens (tertiary/aromatic N) is 2. The highest BCUT2D eigenvalue weighted by molar-refractivity contribution is 5.95. The van der Waals surface area contributed by atoms with Crippen LogP contribution in [-0.2, 0) is 0 Å². The van der Waals surface area contributed by atoms with Gasteiger partial charge in [0, 0.05) is 12.1 Å². The number of nitrogens with one attached hydrogen (secondary N) is 1.